The maximum Gasteiger partial charge on any atom is 0.258 e. The van der Waals surface area contributed by atoms with Gasteiger partial charge in [-0.05, 0) is 6.42 Å². The van der Waals surface area contributed by atoms with Crippen molar-refractivity contribution in [2.45, 2.75) is 32.6 Å². The predicted octanol–water partition coefficient (Wildman–Crippen LogP) is 5.26. The van der Waals surface area contributed by atoms with Crippen molar-refractivity contribution in [2.24, 2.45) is 0 Å². The molecule has 0 aliphatic rings. The Hall–Kier alpha value is 2.16. The van der Waals surface area contributed by atoms with Crippen LogP contribution in [0.25, 0.3) is 0 Å². The first-order valence-corrected chi connectivity index (χ1v) is 8.38. The van der Waals surface area contributed by atoms with Gasteiger partial charge in [-0.3, -0.25) is 5.71 Å². The Balaban J connectivity index is 3.06. The zero-order chi connectivity index (χ0) is 9.23. The monoisotopic (exact) mass is 434 g/mol. The van der Waals surface area contributed by atoms with Gasteiger partial charge in [-0.15, -0.1) is 0 Å². The fourth-order valence-electron chi connectivity index (χ4n) is 0.718. The lowest BCUT2D eigenvalue weighted by Gasteiger charge is -2.06. The van der Waals surface area contributed by atoms with Crippen LogP contribution in [0.1, 0.15) is 32.6 Å². The maximum absolute atomic E-state index is 5.07. The lowest BCUT2D eigenvalue weighted by atomic mass is 10.2. The molecule has 0 radical (unpaired) electrons. The van der Waals surface area contributed by atoms with Gasteiger partial charge in [0.2, 0.25) is 0 Å². The number of halogens is 2. The third-order valence-corrected chi connectivity index (χ3v) is 7.59. The minimum absolute atomic E-state index is 0.687. The highest BCUT2D eigenvalue weighted by Gasteiger charge is 2.07. The summed E-state index contributed by atoms with van der Waals surface area (Å²) in [4.78, 5) is 0. The summed E-state index contributed by atoms with van der Waals surface area (Å²) in [5, 5.41) is 0. The molecule has 0 atom stereocenters. The highest BCUT2D eigenvalue weighted by molar-refractivity contribution is 14.1. The summed E-state index contributed by atoms with van der Waals surface area (Å²) in [5.41, 5.74) is 0. The first-order valence-electron chi connectivity index (χ1n) is 3.85. The van der Waals surface area contributed by atoms with E-state index in [0.29, 0.717) is 0 Å². The molecule has 0 bridgehead atoms. The Kier molecular flexibility index (Phi) is 13.3. The smallest absolute Gasteiger partial charge is 0.254 e. The van der Waals surface area contributed by atoms with E-state index in [1.54, 1.807) is 11.4 Å². The van der Waals surface area contributed by atoms with Crippen LogP contribution in [0.15, 0.2) is 0 Å². The van der Waals surface area contributed by atoms with Crippen LogP contribution in [0.3, 0.4) is 0 Å². The maximum atomic E-state index is 5.07. The summed E-state index contributed by atoms with van der Waals surface area (Å²) >= 11 is 5.57. The molecule has 0 unspecified atom stereocenters. The van der Waals surface area contributed by atoms with E-state index in [2.05, 4.69) is 6.92 Å². The molecule has 0 aliphatic heterocycles. The second-order valence-corrected chi connectivity index (χ2v) is 7.68. The van der Waals surface area contributed by atoms with Gasteiger partial charge in [0.05, 0.1) is 0 Å². The van der Waals surface area contributed by atoms with Crippen LogP contribution >= 0.6 is 65.0 Å². The average Bonchev–Trinajstić information content (AvgIpc) is 2.11. The van der Waals surface area contributed by atoms with Gasteiger partial charge in [0.25, 0.3) is 7.58 Å². The first-order chi connectivity index (χ1) is 5.85. The van der Waals surface area contributed by atoms with Gasteiger partial charge in [0.1, 0.15) is 46.0 Å². The Morgan fingerprint density at radius 2 is 1.83 bits per heavy atom. The van der Waals surface area contributed by atoms with Crippen molar-refractivity contribution in [1.29, 1.82) is 0 Å². The van der Waals surface area contributed by atoms with Gasteiger partial charge in [0.15, 0.2) is 0 Å². The third-order valence-electron chi connectivity index (χ3n) is 1.31. The zero-order valence-corrected chi connectivity index (χ0v) is 13.0. The molecule has 74 valence electrons. The van der Waals surface area contributed by atoms with Gasteiger partial charge >= 0.3 is 0 Å². The molecule has 0 saturated heterocycles. The molecular weight excluding hydrogens is 421 g/mol. The minimum Gasteiger partial charge on any atom is -0.254 e. The topological polar surface area (TPSA) is 18.5 Å². The van der Waals surface area contributed by atoms with Crippen LogP contribution in [-0.4, -0.2) is 5.75 Å². The van der Waals surface area contributed by atoms with E-state index in [4.69, 9.17) is 5.71 Å². The molecule has 0 saturated carbocycles. The molecule has 0 N–H and O–H groups in total. The van der Waals surface area contributed by atoms with Crippen molar-refractivity contribution in [3.05, 3.63) is 0 Å². The van der Waals surface area contributed by atoms with Crippen LogP contribution in [0.5, 0.6) is 0 Å². The molecule has 12 heavy (non-hydrogen) atoms. The van der Waals surface area contributed by atoms with Crippen molar-refractivity contribution in [2.75, 3.05) is 5.75 Å². The Morgan fingerprint density at radius 3 is 2.33 bits per heavy atom. The van der Waals surface area contributed by atoms with Gasteiger partial charge in [-0.2, -0.15) is 0 Å². The highest BCUT2D eigenvalue weighted by Crippen LogP contribution is 2.55. The van der Waals surface area contributed by atoms with Crippen molar-refractivity contribution in [3.63, 3.8) is 0 Å². The second kappa shape index (κ2) is 11.2. The SMILES string of the molecule is CCCCCCSP(OI)OI. The molecular formula is C6H13I2O2PS. The minimum atomic E-state index is -0.687. The summed E-state index contributed by atoms with van der Waals surface area (Å²) in [6, 6.07) is 0. The summed E-state index contributed by atoms with van der Waals surface area (Å²) in [5.74, 6) is 1.15. The van der Waals surface area contributed by atoms with E-state index in [0.717, 1.165) is 5.75 Å². The first kappa shape index (κ1) is 14.2. The van der Waals surface area contributed by atoms with Gasteiger partial charge in [0, 0.05) is 5.75 Å². The van der Waals surface area contributed by atoms with Crippen LogP contribution in [0, 0.1) is 0 Å². The van der Waals surface area contributed by atoms with E-state index >= 15 is 0 Å². The molecule has 0 spiro atoms. The lowest BCUT2D eigenvalue weighted by Crippen LogP contribution is -1.79. The van der Waals surface area contributed by atoms with Gasteiger partial charge in [-0.25, -0.2) is 0 Å². The standard InChI is InChI=1S/C6H13I2O2PS/c1-2-3-4-5-6-12-11(9-7)10-8/h2-6H2,1H3. The van der Waals surface area contributed by atoms with Crippen molar-refractivity contribution in [3.8, 4) is 0 Å². The summed E-state index contributed by atoms with van der Waals surface area (Å²) in [6.45, 7) is 2.22. The molecule has 0 fully saturated rings. The number of rotatable bonds is 8. The summed E-state index contributed by atoms with van der Waals surface area (Å²) in [7, 11) is -0.687. The van der Waals surface area contributed by atoms with E-state index in [9.17, 15) is 0 Å². The Labute approximate surface area is 108 Å². The normalized spacial score (nSPS) is 11.0. The fraction of sp³-hybridized carbons (Fsp3) is 1.00. The van der Waals surface area contributed by atoms with Gasteiger partial charge in [-0.1, -0.05) is 37.6 Å². The molecule has 0 rings (SSSR count). The molecule has 0 amide bonds. The quantitative estimate of drug-likeness (QED) is 0.295. The Bertz CT molecular complexity index is 95.6. The zero-order valence-electron chi connectivity index (χ0n) is 6.96. The van der Waals surface area contributed by atoms with Crippen LogP contribution < -0.4 is 0 Å². The summed E-state index contributed by atoms with van der Waals surface area (Å²) < 4.78 is 10.1. The van der Waals surface area contributed by atoms with Crippen molar-refractivity contribution < 1.29 is 5.71 Å². The number of hydrogen-bond acceptors (Lipinski definition) is 3. The Morgan fingerprint density at radius 1 is 1.17 bits per heavy atom. The second-order valence-electron chi connectivity index (χ2n) is 2.26. The fourth-order valence-corrected chi connectivity index (χ4v) is 5.83. The van der Waals surface area contributed by atoms with Crippen LogP contribution in [0.4, 0.5) is 0 Å². The third kappa shape index (κ3) is 8.74. The molecule has 0 aliphatic carbocycles. The number of hydrogen-bond donors (Lipinski definition) is 0. The van der Waals surface area contributed by atoms with E-state index < -0.39 is 7.58 Å². The molecule has 6 heteroatoms. The summed E-state index contributed by atoms with van der Waals surface area (Å²) in [6.07, 6.45) is 5.24. The lowest BCUT2D eigenvalue weighted by molar-refractivity contribution is 0.680. The van der Waals surface area contributed by atoms with E-state index in [1.165, 1.54) is 25.7 Å². The van der Waals surface area contributed by atoms with E-state index in [1.807, 2.05) is 46.0 Å². The molecule has 0 aromatic carbocycles. The average molecular weight is 434 g/mol. The molecule has 2 nitrogen and oxygen atoms in total. The highest BCUT2D eigenvalue weighted by atomic mass is 127. The number of unbranched alkanes of at least 4 members (excludes halogenated alkanes) is 3. The molecule has 0 aromatic rings. The van der Waals surface area contributed by atoms with Crippen molar-refractivity contribution in [1.82, 2.24) is 0 Å². The molecule has 0 heterocycles. The predicted molar refractivity (Wildman–Crippen MR) is 73.7 cm³/mol. The van der Waals surface area contributed by atoms with Gasteiger partial charge < -0.3 is 0 Å². The molecule has 0 aromatic heterocycles. The van der Waals surface area contributed by atoms with Crippen molar-refractivity contribution >= 4 is 65.0 Å². The van der Waals surface area contributed by atoms with Crippen LogP contribution in [0.2, 0.25) is 0 Å². The largest absolute Gasteiger partial charge is 0.258 e. The van der Waals surface area contributed by atoms with E-state index in [-0.39, 0.29) is 0 Å². The van der Waals surface area contributed by atoms with Crippen LogP contribution in [-0.2, 0) is 5.71 Å².